The van der Waals surface area contributed by atoms with E-state index in [9.17, 15) is 0 Å². The van der Waals surface area contributed by atoms with Crippen LogP contribution in [0.4, 0.5) is 0 Å². The van der Waals surface area contributed by atoms with Crippen LogP contribution in [-0.2, 0) is 53.7 Å². The highest BCUT2D eigenvalue weighted by Gasteiger charge is 2.61. The van der Waals surface area contributed by atoms with Gasteiger partial charge in [0.2, 0.25) is 5.79 Å². The number of ether oxygens (including phenoxy) is 6. The van der Waals surface area contributed by atoms with Crippen LogP contribution in [0.1, 0.15) is 114 Å². The van der Waals surface area contributed by atoms with Gasteiger partial charge in [-0.1, -0.05) is 89.7 Å². The molecule has 0 saturated carbocycles. The van der Waals surface area contributed by atoms with E-state index in [0.29, 0.717) is 46.1 Å². The van der Waals surface area contributed by atoms with Crippen LogP contribution < -0.4 is 0 Å². The summed E-state index contributed by atoms with van der Waals surface area (Å²) >= 11 is 0. The number of hydrogen-bond donors (Lipinski definition) is 0. The van der Waals surface area contributed by atoms with Crippen LogP contribution in [-0.4, -0.2) is 62.6 Å². The Bertz CT molecular complexity index is 1360. The van der Waals surface area contributed by atoms with Crippen LogP contribution in [0.5, 0.6) is 0 Å². The fourth-order valence-corrected chi connectivity index (χ4v) is 6.53. The van der Waals surface area contributed by atoms with Crippen LogP contribution in [0, 0.1) is 0 Å². The van der Waals surface area contributed by atoms with Gasteiger partial charge in [-0.3, -0.25) is 0 Å². The largest absolute Gasteiger partial charge is 0.379 e. The van der Waals surface area contributed by atoms with Crippen molar-refractivity contribution in [1.82, 2.24) is 5.16 Å². The number of fused-ring (bicyclic) bond motifs is 3. The molecule has 1 spiro atoms. The lowest BCUT2D eigenvalue weighted by atomic mass is 9.86. The first-order chi connectivity index (χ1) is 23.1. The number of unbranched alkanes of at least 4 members (excludes halogenated alkanes) is 4. The molecule has 0 unspecified atom stereocenters. The minimum atomic E-state index is -1.19. The van der Waals surface area contributed by atoms with Crippen LogP contribution in [0.3, 0.4) is 0 Å². The van der Waals surface area contributed by atoms with Gasteiger partial charge in [0.05, 0.1) is 18.9 Å². The molecular formula is C39H57NO7. The first-order valence-electron chi connectivity index (χ1n) is 18.3. The number of rotatable bonds is 20. The van der Waals surface area contributed by atoms with Crippen molar-refractivity contribution in [1.29, 1.82) is 0 Å². The molecule has 2 aliphatic rings. The predicted octanol–water partition coefficient (Wildman–Crippen LogP) is 8.44. The van der Waals surface area contributed by atoms with E-state index in [1.54, 1.807) is 0 Å². The van der Waals surface area contributed by atoms with E-state index < -0.39 is 24.1 Å². The molecule has 47 heavy (non-hydrogen) atoms. The summed E-state index contributed by atoms with van der Waals surface area (Å²) in [6.07, 6.45) is 8.00. The molecule has 260 valence electrons. The Hall–Kier alpha value is -2.33. The smallest absolute Gasteiger partial charge is 0.225 e. The molecule has 2 aliphatic heterocycles. The minimum absolute atomic E-state index is 0.356. The Labute approximate surface area is 281 Å². The molecule has 1 aromatic heterocycles. The highest BCUT2D eigenvalue weighted by Crippen LogP contribution is 2.49. The summed E-state index contributed by atoms with van der Waals surface area (Å²) in [7, 11) is 0. The average Bonchev–Trinajstić information content (AvgIpc) is 3.65. The fourth-order valence-electron chi connectivity index (χ4n) is 6.53. The van der Waals surface area contributed by atoms with Crippen LogP contribution in [0.25, 0.3) is 11.0 Å². The Morgan fingerprint density at radius 2 is 1.40 bits per heavy atom. The van der Waals surface area contributed by atoms with Crippen molar-refractivity contribution in [3.8, 4) is 0 Å². The van der Waals surface area contributed by atoms with E-state index >= 15 is 0 Å². The number of nitrogens with zero attached hydrogens (tertiary/aromatic N) is 1. The van der Waals surface area contributed by atoms with Gasteiger partial charge in [0.15, 0.2) is 5.58 Å². The van der Waals surface area contributed by atoms with Crippen LogP contribution in [0.2, 0.25) is 0 Å². The molecule has 0 bridgehead atoms. The Morgan fingerprint density at radius 1 is 0.766 bits per heavy atom. The number of aryl methyl sites for hydroxylation is 1. The zero-order chi connectivity index (χ0) is 33.1. The molecule has 0 aliphatic carbocycles. The van der Waals surface area contributed by atoms with Gasteiger partial charge in [-0.25, -0.2) is 0 Å². The third-order valence-corrected chi connectivity index (χ3v) is 9.42. The molecule has 0 radical (unpaired) electrons. The predicted molar refractivity (Wildman–Crippen MR) is 184 cm³/mol. The number of hydrogen-bond acceptors (Lipinski definition) is 8. The van der Waals surface area contributed by atoms with Crippen molar-refractivity contribution < 1.29 is 32.9 Å². The van der Waals surface area contributed by atoms with E-state index in [0.717, 1.165) is 85.6 Å². The Morgan fingerprint density at radius 3 is 2.09 bits per heavy atom. The quantitative estimate of drug-likeness (QED) is 0.113. The molecule has 5 rings (SSSR count). The van der Waals surface area contributed by atoms with Gasteiger partial charge >= 0.3 is 0 Å². The maximum absolute atomic E-state index is 7.15. The molecule has 1 saturated heterocycles. The van der Waals surface area contributed by atoms with Gasteiger partial charge < -0.3 is 32.9 Å². The van der Waals surface area contributed by atoms with Gasteiger partial charge in [-0.15, -0.1) is 0 Å². The van der Waals surface area contributed by atoms with Gasteiger partial charge in [0.1, 0.15) is 24.4 Å². The second-order valence-corrected chi connectivity index (χ2v) is 13.0. The maximum Gasteiger partial charge on any atom is 0.225 e. The van der Waals surface area contributed by atoms with Crippen LogP contribution >= 0.6 is 0 Å². The molecular weight excluding hydrogens is 594 g/mol. The summed E-state index contributed by atoms with van der Waals surface area (Å²) in [4.78, 5) is 0. The zero-order valence-corrected chi connectivity index (χ0v) is 29.4. The maximum atomic E-state index is 7.15. The summed E-state index contributed by atoms with van der Waals surface area (Å²) in [5, 5.41) is 5.49. The molecule has 8 heteroatoms. The topological polar surface area (TPSA) is 81.4 Å². The highest BCUT2D eigenvalue weighted by atomic mass is 16.7. The normalized spacial score (nSPS) is 24.0. The molecule has 5 atom stereocenters. The monoisotopic (exact) mass is 651 g/mol. The molecule has 0 N–H and O–H groups in total. The van der Waals surface area contributed by atoms with Crippen molar-refractivity contribution in [2.24, 2.45) is 0 Å². The van der Waals surface area contributed by atoms with E-state index in [-0.39, 0.29) is 6.10 Å². The van der Waals surface area contributed by atoms with Gasteiger partial charge in [-0.2, -0.15) is 0 Å². The summed E-state index contributed by atoms with van der Waals surface area (Å²) in [5.74, 6) is -1.19. The third-order valence-electron chi connectivity index (χ3n) is 9.42. The number of benzene rings is 2. The van der Waals surface area contributed by atoms with Crippen LogP contribution in [0.15, 0.2) is 40.9 Å². The summed E-state index contributed by atoms with van der Waals surface area (Å²) < 4.78 is 46.2. The first-order valence-corrected chi connectivity index (χ1v) is 18.3. The van der Waals surface area contributed by atoms with E-state index in [1.807, 2.05) is 0 Å². The molecule has 3 aromatic rings. The van der Waals surface area contributed by atoms with Gasteiger partial charge in [-0.05, 0) is 60.9 Å². The van der Waals surface area contributed by atoms with Crippen molar-refractivity contribution in [2.75, 3.05) is 33.0 Å². The van der Waals surface area contributed by atoms with E-state index in [1.165, 1.54) is 11.1 Å². The van der Waals surface area contributed by atoms with Gasteiger partial charge in [0, 0.05) is 43.8 Å². The second-order valence-electron chi connectivity index (χ2n) is 13.0. The SMILES string of the molecule is CCCCOC[C@H]1O[C@]2(OCc3cc4onc(Cc5ccc(CC)cc5)c4cc32)[C@H](OCCCC)[C@@H](OCCCC)[C@@H]1OCCCC. The van der Waals surface area contributed by atoms with Crippen molar-refractivity contribution in [3.05, 3.63) is 64.3 Å². The second kappa shape index (κ2) is 17.9. The van der Waals surface area contributed by atoms with Crippen molar-refractivity contribution >= 4 is 11.0 Å². The molecule has 2 aromatic carbocycles. The van der Waals surface area contributed by atoms with E-state index in [2.05, 4.69) is 76.2 Å². The van der Waals surface area contributed by atoms with E-state index in [4.69, 9.17) is 32.9 Å². The fraction of sp³-hybridized carbons (Fsp3) is 0.667. The zero-order valence-electron chi connectivity index (χ0n) is 29.4. The average molecular weight is 652 g/mol. The summed E-state index contributed by atoms with van der Waals surface area (Å²) in [5.41, 5.74) is 6.12. The van der Waals surface area contributed by atoms with Gasteiger partial charge in [0.25, 0.3) is 0 Å². The van der Waals surface area contributed by atoms with Crippen molar-refractivity contribution in [2.45, 2.75) is 136 Å². The third kappa shape index (κ3) is 8.46. The Balaban J connectivity index is 1.55. The lowest BCUT2D eigenvalue weighted by molar-refractivity contribution is -0.384. The number of aromatic nitrogens is 1. The standard InChI is InChI=1S/C39H57NO7/c1-6-11-19-41-27-35-36(42-20-12-7-2)37(43-21-13-8-3)38(44-22-14-9-4)39(46-35)32-25-31-33(23-29-17-15-28(10-5)16-18-29)40-47-34(31)24-30(32)26-45-39/h15-18,24-25,35-38H,6-14,19-23,26-27H2,1-5H3/t35-,36-,37+,38-,39+/m1/s1. The lowest BCUT2D eigenvalue weighted by Gasteiger charge is -2.51. The Kier molecular flexibility index (Phi) is 13.7. The van der Waals surface area contributed by atoms with Crippen molar-refractivity contribution in [3.63, 3.8) is 0 Å². The summed E-state index contributed by atoms with van der Waals surface area (Å²) in [6, 6.07) is 13.0. The molecule has 1 fully saturated rings. The highest BCUT2D eigenvalue weighted by molar-refractivity contribution is 5.82. The lowest BCUT2D eigenvalue weighted by Crippen LogP contribution is -2.66. The molecule has 0 amide bonds. The minimum Gasteiger partial charge on any atom is -0.379 e. The molecule has 8 nitrogen and oxygen atoms in total. The summed E-state index contributed by atoms with van der Waals surface area (Å²) in [6.45, 7) is 14.1. The molecule has 3 heterocycles. The first kappa shape index (κ1) is 36.0.